The summed E-state index contributed by atoms with van der Waals surface area (Å²) in [6, 6.07) is 12.8. The third-order valence-electron chi connectivity index (χ3n) is 8.48. The second-order valence-corrected chi connectivity index (χ2v) is 17.1. The van der Waals surface area contributed by atoms with Gasteiger partial charge in [0.15, 0.2) is 4.21 Å². The standard InChI is InChI=1S/C35H22Cl4F2N4O5S3/c36-17-6-8-25(21(38)12-17)44-32-19(15-49-27-10-11-51-34(27)32)30(42-44)23(40)4-2-1-3-5-24(41)31-20-16-50-28-14-29(53(46,47)48)52-35(28)33(20)45(43-31)26-9-7-18(37)13-22(26)39/h4-14H,1-3,15-16H2,(H,46,47,48)/b23-4-,24-5-. The minimum atomic E-state index is -4.54. The molecule has 18 heteroatoms. The summed E-state index contributed by atoms with van der Waals surface area (Å²) in [5, 5.41) is 12.4. The molecule has 53 heavy (non-hydrogen) atoms. The lowest BCUT2D eigenvalue weighted by Gasteiger charge is -2.16. The van der Waals surface area contributed by atoms with Gasteiger partial charge in [-0.15, -0.1) is 22.7 Å². The molecule has 2 aliphatic rings. The lowest BCUT2D eigenvalue weighted by molar-refractivity contribution is 0.302. The number of halogens is 6. The Bertz CT molecular complexity index is 2630. The van der Waals surface area contributed by atoms with Crippen molar-refractivity contribution in [1.82, 2.24) is 19.6 Å². The molecule has 0 fully saturated rings. The predicted molar refractivity (Wildman–Crippen MR) is 204 cm³/mol. The average Bonchev–Trinajstić information content (AvgIpc) is 3.91. The Morgan fingerprint density at radius 2 is 1.32 bits per heavy atom. The number of allylic oxidation sites excluding steroid dienone is 2. The summed E-state index contributed by atoms with van der Waals surface area (Å²) < 4.78 is 79.7. The molecule has 0 aliphatic carbocycles. The number of fused-ring (bicyclic) bond motifs is 6. The molecule has 0 unspecified atom stereocenters. The van der Waals surface area contributed by atoms with Crippen LogP contribution in [0.4, 0.5) is 8.78 Å². The highest BCUT2D eigenvalue weighted by Gasteiger charge is 2.34. The SMILES string of the molecule is O=S(=O)(O)c1cc2c(s1)-c1c(c(/C(F)=C/CCC/C=C(\F)c3nn(-c4ccc(Cl)cc4Cl)c4c3COc3ccsc3-4)nn1-c1ccc(Cl)cc1Cl)CO2. The van der Waals surface area contributed by atoms with Gasteiger partial charge in [-0.25, -0.2) is 18.1 Å². The summed E-state index contributed by atoms with van der Waals surface area (Å²) in [4.78, 5) is 1.12. The third-order valence-corrected chi connectivity index (χ3v) is 12.9. The molecule has 6 aromatic rings. The second kappa shape index (κ2) is 14.2. The number of nitrogens with zero attached hydrogens (tertiary/aromatic N) is 4. The van der Waals surface area contributed by atoms with Gasteiger partial charge in [0.25, 0.3) is 0 Å². The van der Waals surface area contributed by atoms with Crippen LogP contribution in [-0.4, -0.2) is 32.5 Å². The summed E-state index contributed by atoms with van der Waals surface area (Å²) in [5.41, 5.74) is 2.96. The highest BCUT2D eigenvalue weighted by atomic mass is 35.5. The molecule has 0 bridgehead atoms. The number of rotatable bonds is 9. The van der Waals surface area contributed by atoms with E-state index in [0.29, 0.717) is 66.0 Å². The minimum Gasteiger partial charge on any atom is -0.487 e. The normalized spacial score (nSPS) is 13.9. The van der Waals surface area contributed by atoms with Gasteiger partial charge in [0.05, 0.1) is 42.6 Å². The molecule has 0 saturated heterocycles. The van der Waals surface area contributed by atoms with Crippen LogP contribution in [0.1, 0.15) is 41.8 Å². The van der Waals surface area contributed by atoms with Gasteiger partial charge >= 0.3 is 10.1 Å². The Hall–Kier alpha value is -3.73. The van der Waals surface area contributed by atoms with Crippen molar-refractivity contribution < 1.29 is 31.2 Å². The van der Waals surface area contributed by atoms with Crippen LogP contribution >= 0.6 is 69.1 Å². The largest absolute Gasteiger partial charge is 0.487 e. The van der Waals surface area contributed by atoms with E-state index >= 15 is 8.78 Å². The van der Waals surface area contributed by atoms with Crippen molar-refractivity contribution in [1.29, 1.82) is 0 Å². The Morgan fingerprint density at radius 3 is 1.85 bits per heavy atom. The molecule has 6 heterocycles. The van der Waals surface area contributed by atoms with Crippen molar-refractivity contribution in [2.75, 3.05) is 0 Å². The Labute approximate surface area is 329 Å². The van der Waals surface area contributed by atoms with E-state index in [9.17, 15) is 13.0 Å². The van der Waals surface area contributed by atoms with Crippen LogP contribution < -0.4 is 9.47 Å². The smallest absolute Gasteiger partial charge is 0.304 e. The highest BCUT2D eigenvalue weighted by molar-refractivity contribution is 7.88. The number of benzene rings is 2. The predicted octanol–water partition coefficient (Wildman–Crippen LogP) is 11.7. The van der Waals surface area contributed by atoms with E-state index in [1.165, 1.54) is 40.3 Å². The molecule has 4 aromatic heterocycles. The third kappa shape index (κ3) is 6.69. The van der Waals surface area contributed by atoms with E-state index in [4.69, 9.17) is 55.9 Å². The molecule has 0 saturated carbocycles. The average molecular weight is 855 g/mol. The number of ether oxygens (including phenoxy) is 2. The summed E-state index contributed by atoms with van der Waals surface area (Å²) in [7, 11) is -4.54. The first-order valence-corrected chi connectivity index (χ1v) is 20.4. The minimum absolute atomic E-state index is 0.0360. The molecular weight excluding hydrogens is 832 g/mol. The molecule has 2 aliphatic heterocycles. The molecule has 0 radical (unpaired) electrons. The van der Waals surface area contributed by atoms with E-state index in [0.717, 1.165) is 16.2 Å². The van der Waals surface area contributed by atoms with Crippen molar-refractivity contribution in [2.45, 2.75) is 36.7 Å². The van der Waals surface area contributed by atoms with Crippen LogP contribution in [0.25, 0.3) is 44.2 Å². The van der Waals surface area contributed by atoms with Crippen LogP contribution in [0.2, 0.25) is 20.1 Å². The number of aromatic nitrogens is 4. The molecule has 0 spiro atoms. The summed E-state index contributed by atoms with van der Waals surface area (Å²) in [6.07, 6.45) is 3.63. The van der Waals surface area contributed by atoms with Gasteiger partial charge in [0.2, 0.25) is 0 Å². The van der Waals surface area contributed by atoms with Crippen LogP contribution in [0.5, 0.6) is 11.5 Å². The molecule has 1 N–H and O–H groups in total. The molecule has 0 atom stereocenters. The number of hydrogen-bond donors (Lipinski definition) is 1. The Balaban J connectivity index is 1.07. The first-order valence-electron chi connectivity index (χ1n) is 15.7. The number of thiophene rings is 2. The summed E-state index contributed by atoms with van der Waals surface area (Å²) >= 11 is 27.5. The van der Waals surface area contributed by atoms with Crippen LogP contribution in [-0.2, 0) is 23.3 Å². The molecule has 2 aromatic carbocycles. The van der Waals surface area contributed by atoms with Gasteiger partial charge in [-0.05, 0) is 79.3 Å². The van der Waals surface area contributed by atoms with Crippen LogP contribution in [0.3, 0.4) is 0 Å². The monoisotopic (exact) mass is 852 g/mol. The zero-order valence-electron chi connectivity index (χ0n) is 26.7. The molecule has 0 amide bonds. The fraction of sp³-hybridized carbons (Fsp3) is 0.143. The van der Waals surface area contributed by atoms with Crippen molar-refractivity contribution >= 4 is 90.8 Å². The molecule has 9 nitrogen and oxygen atoms in total. The zero-order chi connectivity index (χ0) is 37.2. The van der Waals surface area contributed by atoms with Gasteiger partial charge in [0, 0.05) is 27.2 Å². The molecular formula is C35H22Cl4F2N4O5S3. The van der Waals surface area contributed by atoms with Crippen molar-refractivity contribution in [3.63, 3.8) is 0 Å². The maximum Gasteiger partial charge on any atom is 0.304 e. The van der Waals surface area contributed by atoms with E-state index in [-0.39, 0.29) is 52.4 Å². The summed E-state index contributed by atoms with van der Waals surface area (Å²) in [5.74, 6) is -0.356. The topological polar surface area (TPSA) is 108 Å². The Kier molecular flexibility index (Phi) is 9.69. The first kappa shape index (κ1) is 36.3. The lowest BCUT2D eigenvalue weighted by atomic mass is 10.1. The maximum atomic E-state index is 16.0. The zero-order valence-corrected chi connectivity index (χ0v) is 32.2. The Morgan fingerprint density at radius 1 is 0.792 bits per heavy atom. The van der Waals surface area contributed by atoms with Crippen molar-refractivity contribution in [3.8, 4) is 44.0 Å². The maximum absolute atomic E-state index is 16.0. The van der Waals surface area contributed by atoms with E-state index in [2.05, 4.69) is 10.2 Å². The van der Waals surface area contributed by atoms with E-state index in [1.807, 2.05) is 11.4 Å². The van der Waals surface area contributed by atoms with Crippen LogP contribution in [0, 0.1) is 0 Å². The van der Waals surface area contributed by atoms with E-state index < -0.39 is 21.8 Å². The van der Waals surface area contributed by atoms with Crippen molar-refractivity contribution in [3.05, 3.63) is 109 Å². The van der Waals surface area contributed by atoms with E-state index in [1.54, 1.807) is 35.0 Å². The molecule has 8 rings (SSSR count). The lowest BCUT2D eigenvalue weighted by Crippen LogP contribution is -2.06. The summed E-state index contributed by atoms with van der Waals surface area (Å²) in [6.45, 7) is -0.0184. The second-order valence-electron chi connectivity index (χ2n) is 11.8. The number of unbranched alkanes of at least 4 members (excludes halogenated alkanes) is 2. The van der Waals surface area contributed by atoms with Gasteiger partial charge in [0.1, 0.15) is 47.8 Å². The van der Waals surface area contributed by atoms with Gasteiger partial charge in [-0.3, -0.25) is 4.55 Å². The fourth-order valence-electron chi connectivity index (χ4n) is 6.08. The van der Waals surface area contributed by atoms with Gasteiger partial charge in [-0.1, -0.05) is 46.4 Å². The number of hydrogen-bond acceptors (Lipinski definition) is 8. The van der Waals surface area contributed by atoms with Gasteiger partial charge in [-0.2, -0.15) is 18.6 Å². The fourth-order valence-corrected chi connectivity index (χ4v) is 9.77. The van der Waals surface area contributed by atoms with Crippen molar-refractivity contribution in [2.24, 2.45) is 0 Å². The molecule has 272 valence electrons. The van der Waals surface area contributed by atoms with Gasteiger partial charge < -0.3 is 9.47 Å². The first-order chi connectivity index (χ1) is 25.4. The quantitative estimate of drug-likeness (QED) is 0.114. The van der Waals surface area contributed by atoms with Crippen LogP contribution in [0.15, 0.2) is 70.3 Å². The highest BCUT2D eigenvalue weighted by Crippen LogP contribution is 2.49.